The van der Waals surface area contributed by atoms with Gasteiger partial charge in [-0.2, -0.15) is 0 Å². The molecule has 2 aromatic carbocycles. The van der Waals surface area contributed by atoms with Crippen LogP contribution < -0.4 is 0 Å². The van der Waals surface area contributed by atoms with Crippen molar-refractivity contribution in [2.45, 2.75) is 31.3 Å². The molecule has 5 rings (SSSR count). The van der Waals surface area contributed by atoms with Crippen LogP contribution in [0.5, 0.6) is 5.75 Å². The Bertz CT molecular complexity index is 753. The number of carbonyl (C=O) groups is 1. The highest BCUT2D eigenvalue weighted by Crippen LogP contribution is 2.33. The number of benzene rings is 2. The Labute approximate surface area is 154 Å². The second-order valence-corrected chi connectivity index (χ2v) is 7.43. The third-order valence-electron chi connectivity index (χ3n) is 5.72. The maximum atomic E-state index is 12.7. The van der Waals surface area contributed by atoms with Crippen LogP contribution in [0.4, 0.5) is 0 Å². The Morgan fingerprint density at radius 3 is 2.46 bits per heavy atom. The van der Waals surface area contributed by atoms with Crippen molar-refractivity contribution in [1.82, 2.24) is 4.90 Å². The summed E-state index contributed by atoms with van der Waals surface area (Å²) >= 11 is 0. The second kappa shape index (κ2) is 7.50. The fourth-order valence-electron chi connectivity index (χ4n) is 4.28. The summed E-state index contributed by atoms with van der Waals surface area (Å²) in [5.74, 6) is 0.465. The molecule has 1 unspecified atom stereocenters. The summed E-state index contributed by atoms with van der Waals surface area (Å²) in [6.45, 7) is 3.14. The van der Waals surface area contributed by atoms with Crippen LogP contribution in [0, 0.1) is 5.92 Å². The second-order valence-electron chi connectivity index (χ2n) is 7.43. The van der Waals surface area contributed by atoms with Crippen molar-refractivity contribution in [3.63, 3.8) is 0 Å². The molecule has 0 radical (unpaired) electrons. The third kappa shape index (κ3) is 3.75. The minimum Gasteiger partial charge on any atom is -0.508 e. The average Bonchev–Trinajstić information content (AvgIpc) is 2.68. The first-order valence-corrected chi connectivity index (χ1v) is 9.45. The summed E-state index contributed by atoms with van der Waals surface area (Å²) in [4.78, 5) is 15.1. The lowest BCUT2D eigenvalue weighted by Gasteiger charge is -2.44. The van der Waals surface area contributed by atoms with Gasteiger partial charge in [-0.15, -0.1) is 0 Å². The molecule has 2 aromatic rings. The van der Waals surface area contributed by atoms with E-state index in [0.29, 0.717) is 5.92 Å². The Morgan fingerprint density at radius 1 is 1.08 bits per heavy atom. The van der Waals surface area contributed by atoms with E-state index < -0.39 is 0 Å². The van der Waals surface area contributed by atoms with Crippen LogP contribution in [0.3, 0.4) is 0 Å². The summed E-state index contributed by atoms with van der Waals surface area (Å²) < 4.78 is 5.89. The Morgan fingerprint density at radius 2 is 1.81 bits per heavy atom. The van der Waals surface area contributed by atoms with Gasteiger partial charge in [0.25, 0.3) is 0 Å². The summed E-state index contributed by atoms with van der Waals surface area (Å²) in [7, 11) is 0. The van der Waals surface area contributed by atoms with Crippen LogP contribution in [0.1, 0.15) is 36.3 Å². The number of hydrogen-bond acceptors (Lipinski definition) is 4. The van der Waals surface area contributed by atoms with E-state index in [1.807, 2.05) is 42.5 Å². The van der Waals surface area contributed by atoms with Crippen LogP contribution in [-0.2, 0) is 9.53 Å². The van der Waals surface area contributed by atoms with Gasteiger partial charge in [-0.1, -0.05) is 42.5 Å². The molecule has 3 aliphatic rings. The maximum Gasteiger partial charge on any atom is 0.307 e. The van der Waals surface area contributed by atoms with Crippen molar-refractivity contribution in [3.05, 3.63) is 65.7 Å². The lowest BCUT2D eigenvalue weighted by molar-refractivity contribution is -0.159. The number of piperidine rings is 3. The van der Waals surface area contributed by atoms with Gasteiger partial charge >= 0.3 is 5.97 Å². The number of carbonyl (C=O) groups excluding carboxylic acids is 1. The van der Waals surface area contributed by atoms with Crippen LogP contribution in [0.25, 0.3) is 0 Å². The van der Waals surface area contributed by atoms with E-state index >= 15 is 0 Å². The molecule has 26 heavy (non-hydrogen) atoms. The molecular weight excluding hydrogens is 326 g/mol. The summed E-state index contributed by atoms with van der Waals surface area (Å²) in [6, 6.07) is 17.1. The zero-order valence-corrected chi connectivity index (χ0v) is 14.9. The predicted molar refractivity (Wildman–Crippen MR) is 100 cm³/mol. The molecule has 0 aromatic heterocycles. The first-order chi connectivity index (χ1) is 12.7. The minimum absolute atomic E-state index is 0.0330. The van der Waals surface area contributed by atoms with Gasteiger partial charge in [-0.05, 0) is 55.1 Å². The van der Waals surface area contributed by atoms with E-state index in [1.165, 1.54) is 0 Å². The summed E-state index contributed by atoms with van der Waals surface area (Å²) in [5.41, 5.74) is 1.99. The summed E-state index contributed by atoms with van der Waals surface area (Å²) in [6.07, 6.45) is 2.58. The Balaban J connectivity index is 1.50. The molecule has 0 spiro atoms. The first-order valence-electron chi connectivity index (χ1n) is 9.45. The van der Waals surface area contributed by atoms with Gasteiger partial charge in [0, 0.05) is 12.5 Å². The molecule has 3 saturated heterocycles. The maximum absolute atomic E-state index is 12.7. The van der Waals surface area contributed by atoms with Gasteiger partial charge in [0.05, 0.1) is 6.42 Å². The normalized spacial score (nSPS) is 25.6. The highest BCUT2D eigenvalue weighted by Gasteiger charge is 2.36. The fourth-order valence-corrected chi connectivity index (χ4v) is 4.28. The van der Waals surface area contributed by atoms with Gasteiger partial charge in [-0.3, -0.25) is 9.69 Å². The van der Waals surface area contributed by atoms with E-state index in [2.05, 4.69) is 4.90 Å². The molecule has 3 aliphatic heterocycles. The van der Waals surface area contributed by atoms with E-state index in [9.17, 15) is 9.90 Å². The lowest BCUT2D eigenvalue weighted by atomic mass is 9.85. The zero-order chi connectivity index (χ0) is 17.9. The number of aromatic hydroxyl groups is 1. The smallest absolute Gasteiger partial charge is 0.307 e. The highest BCUT2D eigenvalue weighted by atomic mass is 16.5. The topological polar surface area (TPSA) is 49.8 Å². The molecule has 1 N–H and O–H groups in total. The van der Waals surface area contributed by atoms with Gasteiger partial charge in [0.1, 0.15) is 11.9 Å². The molecule has 0 amide bonds. The fraction of sp³-hybridized carbons (Fsp3) is 0.409. The number of phenolic OH excluding ortho intramolecular Hbond substituents is 1. The van der Waals surface area contributed by atoms with E-state index in [4.69, 9.17) is 4.74 Å². The van der Waals surface area contributed by atoms with E-state index in [0.717, 1.165) is 43.6 Å². The molecule has 2 bridgehead atoms. The van der Waals surface area contributed by atoms with Crippen molar-refractivity contribution in [2.24, 2.45) is 5.92 Å². The minimum atomic E-state index is -0.152. The number of rotatable bonds is 5. The number of phenols is 1. The Hall–Kier alpha value is -2.33. The van der Waals surface area contributed by atoms with Crippen LogP contribution in [0.15, 0.2) is 54.6 Å². The van der Waals surface area contributed by atoms with Gasteiger partial charge in [-0.25, -0.2) is 0 Å². The molecule has 3 fully saturated rings. The number of nitrogens with zero attached hydrogens (tertiary/aromatic N) is 1. The van der Waals surface area contributed by atoms with E-state index in [-0.39, 0.29) is 30.2 Å². The molecule has 4 heteroatoms. The standard InChI is InChI=1S/C22H25NO3/c24-19-8-4-7-18(13-19)20(16-5-2-1-3-6-16)14-22(25)26-21-15-23-11-9-17(21)10-12-23/h1-8,13,17,20-21,24H,9-12,14-15H2/t20?,21-/m0/s1. The number of fused-ring (bicyclic) bond motifs is 3. The quantitative estimate of drug-likeness (QED) is 0.837. The van der Waals surface area contributed by atoms with Crippen molar-refractivity contribution in [2.75, 3.05) is 19.6 Å². The third-order valence-corrected chi connectivity index (χ3v) is 5.72. The van der Waals surface area contributed by atoms with Gasteiger partial charge in [0.2, 0.25) is 0 Å². The molecule has 3 heterocycles. The number of esters is 1. The first kappa shape index (κ1) is 17.1. The largest absolute Gasteiger partial charge is 0.508 e. The van der Waals surface area contributed by atoms with E-state index in [1.54, 1.807) is 12.1 Å². The monoisotopic (exact) mass is 351 g/mol. The molecule has 4 nitrogen and oxygen atoms in total. The molecular formula is C22H25NO3. The van der Waals surface area contributed by atoms with Crippen LogP contribution in [0.2, 0.25) is 0 Å². The van der Waals surface area contributed by atoms with Crippen molar-refractivity contribution < 1.29 is 14.6 Å². The Kier molecular flexibility index (Phi) is 4.93. The molecule has 136 valence electrons. The average molecular weight is 351 g/mol. The van der Waals surface area contributed by atoms with Crippen molar-refractivity contribution >= 4 is 5.97 Å². The molecule has 2 atom stereocenters. The molecule has 0 aliphatic carbocycles. The predicted octanol–water partition coefficient (Wildman–Crippen LogP) is 3.55. The number of ether oxygens (including phenoxy) is 1. The molecule has 0 saturated carbocycles. The van der Waals surface area contributed by atoms with Crippen LogP contribution >= 0.6 is 0 Å². The SMILES string of the molecule is O=C(CC(c1ccccc1)c1cccc(O)c1)O[C@H]1CN2CCC1CC2. The van der Waals surface area contributed by atoms with Crippen molar-refractivity contribution in [1.29, 1.82) is 0 Å². The highest BCUT2D eigenvalue weighted by molar-refractivity contribution is 5.72. The van der Waals surface area contributed by atoms with Crippen molar-refractivity contribution in [3.8, 4) is 5.75 Å². The number of hydrogen-bond donors (Lipinski definition) is 1. The summed E-state index contributed by atoms with van der Waals surface area (Å²) in [5, 5.41) is 9.85. The van der Waals surface area contributed by atoms with Gasteiger partial charge < -0.3 is 9.84 Å². The lowest BCUT2D eigenvalue weighted by Crippen LogP contribution is -2.52. The van der Waals surface area contributed by atoms with Crippen LogP contribution in [-0.4, -0.2) is 41.7 Å². The van der Waals surface area contributed by atoms with Gasteiger partial charge in [0.15, 0.2) is 0 Å². The zero-order valence-electron chi connectivity index (χ0n) is 14.9.